The Morgan fingerprint density at radius 1 is 1.25 bits per heavy atom. The van der Waals surface area contributed by atoms with Gasteiger partial charge in [0.1, 0.15) is 0 Å². The molecule has 5 nitrogen and oxygen atoms in total. The van der Waals surface area contributed by atoms with Gasteiger partial charge in [0.05, 0.1) is 11.1 Å². The summed E-state index contributed by atoms with van der Waals surface area (Å²) in [6.45, 7) is 3.70. The highest BCUT2D eigenvalue weighted by molar-refractivity contribution is 8.18. The van der Waals surface area contributed by atoms with Crippen LogP contribution in [0.1, 0.15) is 22.4 Å². The fourth-order valence-corrected chi connectivity index (χ4v) is 3.92. The van der Waals surface area contributed by atoms with Crippen LogP contribution in [-0.4, -0.2) is 32.3 Å². The van der Waals surface area contributed by atoms with Gasteiger partial charge in [-0.1, -0.05) is 24.3 Å². The van der Waals surface area contributed by atoms with E-state index in [1.54, 1.807) is 10.9 Å². The Hall–Kier alpha value is -2.34. The molecular weight excluding hydrogens is 320 g/mol. The van der Waals surface area contributed by atoms with E-state index in [9.17, 15) is 4.79 Å². The van der Waals surface area contributed by atoms with E-state index in [1.807, 2.05) is 20.0 Å². The van der Waals surface area contributed by atoms with Crippen molar-refractivity contribution in [3.63, 3.8) is 0 Å². The molecule has 0 radical (unpaired) electrons. The van der Waals surface area contributed by atoms with E-state index in [4.69, 9.17) is 0 Å². The number of carbonyl (C=O) groups excluding carboxylic acids is 1. The van der Waals surface area contributed by atoms with Crippen LogP contribution in [0.5, 0.6) is 0 Å². The van der Waals surface area contributed by atoms with Crippen molar-refractivity contribution in [2.75, 3.05) is 6.54 Å². The van der Waals surface area contributed by atoms with Gasteiger partial charge in [-0.25, -0.2) is 0 Å². The minimum Gasteiger partial charge on any atom is -0.346 e. The number of fused-ring (bicyclic) bond motifs is 1. The number of hydrogen-bond acceptors (Lipinski definition) is 4. The molecule has 2 aliphatic heterocycles. The maximum Gasteiger partial charge on any atom is 0.286 e. The molecule has 122 valence electrons. The molecule has 2 aliphatic rings. The van der Waals surface area contributed by atoms with E-state index in [0.717, 1.165) is 35.9 Å². The van der Waals surface area contributed by atoms with Gasteiger partial charge in [0.15, 0.2) is 5.17 Å². The van der Waals surface area contributed by atoms with Crippen molar-refractivity contribution in [3.05, 3.63) is 57.8 Å². The smallest absolute Gasteiger partial charge is 0.286 e. The number of carbonyl (C=O) groups is 1. The summed E-state index contributed by atoms with van der Waals surface area (Å²) in [5, 5.41) is 5.03. The molecule has 0 fully saturated rings. The average molecular weight is 338 g/mol. The Morgan fingerprint density at radius 2 is 2.04 bits per heavy atom. The highest BCUT2D eigenvalue weighted by atomic mass is 32.2. The SMILES string of the molecule is Cc1c(C=C2SC(N3CCc4ccccc4C3)=NC2=O)cnn1C. The molecule has 4 rings (SSSR count). The van der Waals surface area contributed by atoms with E-state index in [0.29, 0.717) is 4.91 Å². The first-order valence-corrected chi connectivity index (χ1v) is 8.76. The second kappa shape index (κ2) is 5.94. The molecule has 6 heteroatoms. The lowest BCUT2D eigenvalue weighted by atomic mass is 10.0. The third-order valence-electron chi connectivity index (χ3n) is 4.57. The van der Waals surface area contributed by atoms with Crippen LogP contribution in [0.3, 0.4) is 0 Å². The normalized spacial score (nSPS) is 18.9. The lowest BCUT2D eigenvalue weighted by Crippen LogP contribution is -2.33. The second-order valence-corrected chi connectivity index (χ2v) is 7.07. The Bertz CT molecular complexity index is 881. The van der Waals surface area contributed by atoms with Crippen molar-refractivity contribution >= 4 is 28.9 Å². The fourth-order valence-electron chi connectivity index (χ4n) is 2.99. The number of hydrogen-bond donors (Lipinski definition) is 0. The standard InChI is InChI=1S/C18H18N4OS/c1-12-15(10-19-21(12)2)9-16-17(23)20-18(24-16)22-8-7-13-5-3-4-6-14(13)11-22/h3-6,9-10H,7-8,11H2,1-2H3. The Morgan fingerprint density at radius 3 is 2.79 bits per heavy atom. The van der Waals surface area contributed by atoms with Crippen molar-refractivity contribution in [2.45, 2.75) is 19.9 Å². The largest absolute Gasteiger partial charge is 0.346 e. The van der Waals surface area contributed by atoms with Crippen LogP contribution in [0.15, 0.2) is 40.4 Å². The van der Waals surface area contributed by atoms with Gasteiger partial charge in [0.25, 0.3) is 5.91 Å². The summed E-state index contributed by atoms with van der Waals surface area (Å²) in [5.74, 6) is -0.155. The topological polar surface area (TPSA) is 50.5 Å². The molecule has 0 atom stereocenters. The summed E-state index contributed by atoms with van der Waals surface area (Å²) in [4.78, 5) is 19.4. The van der Waals surface area contributed by atoms with Crippen LogP contribution in [-0.2, 0) is 24.8 Å². The van der Waals surface area contributed by atoms with E-state index in [1.165, 1.54) is 22.9 Å². The number of aliphatic imine (C=N–C) groups is 1. The van der Waals surface area contributed by atoms with Gasteiger partial charge in [-0.15, -0.1) is 0 Å². The molecule has 0 spiro atoms. The van der Waals surface area contributed by atoms with Crippen molar-refractivity contribution in [3.8, 4) is 0 Å². The first kappa shape index (κ1) is 15.2. The van der Waals surface area contributed by atoms with E-state index in [2.05, 4.69) is 39.3 Å². The quantitative estimate of drug-likeness (QED) is 0.750. The summed E-state index contributed by atoms with van der Waals surface area (Å²) in [7, 11) is 1.90. The lowest BCUT2D eigenvalue weighted by Gasteiger charge is -2.29. The number of benzene rings is 1. The highest BCUT2D eigenvalue weighted by Crippen LogP contribution is 2.32. The Labute approximate surface area is 145 Å². The molecule has 1 aromatic heterocycles. The van der Waals surface area contributed by atoms with Crippen molar-refractivity contribution in [2.24, 2.45) is 12.0 Å². The van der Waals surface area contributed by atoms with Crippen LogP contribution in [0, 0.1) is 6.92 Å². The number of amidine groups is 1. The summed E-state index contributed by atoms with van der Waals surface area (Å²) in [5.41, 5.74) is 4.72. The number of rotatable bonds is 1. The molecule has 0 bridgehead atoms. The minimum absolute atomic E-state index is 0.155. The molecule has 3 heterocycles. The number of amides is 1. The zero-order valence-electron chi connectivity index (χ0n) is 13.7. The fraction of sp³-hybridized carbons (Fsp3) is 0.278. The van der Waals surface area contributed by atoms with Crippen LogP contribution in [0.25, 0.3) is 6.08 Å². The van der Waals surface area contributed by atoms with Crippen LogP contribution in [0.4, 0.5) is 0 Å². The Kier molecular flexibility index (Phi) is 3.76. The van der Waals surface area contributed by atoms with Gasteiger partial charge in [-0.3, -0.25) is 9.48 Å². The molecule has 0 saturated carbocycles. The summed E-state index contributed by atoms with van der Waals surface area (Å²) < 4.78 is 1.81. The van der Waals surface area contributed by atoms with Gasteiger partial charge in [-0.2, -0.15) is 10.1 Å². The number of aromatic nitrogens is 2. The minimum atomic E-state index is -0.155. The maximum absolute atomic E-state index is 12.3. The third-order valence-corrected chi connectivity index (χ3v) is 5.61. The number of nitrogens with zero attached hydrogens (tertiary/aromatic N) is 4. The van der Waals surface area contributed by atoms with Crippen LogP contribution < -0.4 is 0 Å². The van der Waals surface area contributed by atoms with Crippen molar-refractivity contribution < 1.29 is 4.79 Å². The molecule has 0 aliphatic carbocycles. The van der Waals surface area contributed by atoms with Gasteiger partial charge < -0.3 is 4.90 Å². The average Bonchev–Trinajstić information content (AvgIpc) is 3.12. The number of thioether (sulfide) groups is 1. The van der Waals surface area contributed by atoms with E-state index < -0.39 is 0 Å². The molecule has 24 heavy (non-hydrogen) atoms. The van der Waals surface area contributed by atoms with Gasteiger partial charge >= 0.3 is 0 Å². The van der Waals surface area contributed by atoms with Gasteiger partial charge in [0.2, 0.25) is 0 Å². The molecular formula is C18H18N4OS. The maximum atomic E-state index is 12.3. The van der Waals surface area contributed by atoms with Gasteiger partial charge in [-0.05, 0) is 42.3 Å². The monoisotopic (exact) mass is 338 g/mol. The molecule has 2 aromatic rings. The lowest BCUT2D eigenvalue weighted by molar-refractivity contribution is -0.113. The summed E-state index contributed by atoms with van der Waals surface area (Å²) >= 11 is 1.46. The molecule has 0 unspecified atom stereocenters. The van der Waals surface area contributed by atoms with Gasteiger partial charge in [0, 0.05) is 31.4 Å². The Balaban J connectivity index is 1.54. The predicted octanol–water partition coefficient (Wildman–Crippen LogP) is 2.76. The van der Waals surface area contributed by atoms with Crippen LogP contribution >= 0.6 is 11.8 Å². The first-order chi connectivity index (χ1) is 11.6. The second-order valence-electron chi connectivity index (χ2n) is 6.06. The van der Waals surface area contributed by atoms with Crippen LogP contribution in [0.2, 0.25) is 0 Å². The van der Waals surface area contributed by atoms with E-state index in [-0.39, 0.29) is 5.91 Å². The number of aryl methyl sites for hydroxylation is 1. The summed E-state index contributed by atoms with van der Waals surface area (Å²) in [6, 6.07) is 8.47. The molecule has 1 amide bonds. The zero-order valence-corrected chi connectivity index (χ0v) is 14.5. The third kappa shape index (κ3) is 2.67. The highest BCUT2D eigenvalue weighted by Gasteiger charge is 2.28. The molecule has 1 aromatic carbocycles. The van der Waals surface area contributed by atoms with Crippen molar-refractivity contribution in [1.82, 2.24) is 14.7 Å². The predicted molar refractivity (Wildman–Crippen MR) is 96.5 cm³/mol. The van der Waals surface area contributed by atoms with Crippen molar-refractivity contribution in [1.29, 1.82) is 0 Å². The molecule has 0 N–H and O–H groups in total. The van der Waals surface area contributed by atoms with E-state index >= 15 is 0 Å². The summed E-state index contributed by atoms with van der Waals surface area (Å²) in [6.07, 6.45) is 4.67. The zero-order chi connectivity index (χ0) is 16.7. The molecule has 0 saturated heterocycles. The first-order valence-electron chi connectivity index (χ1n) is 7.95.